The number of rotatable bonds is 4. The first-order valence-corrected chi connectivity index (χ1v) is 8.60. The first-order valence-electron chi connectivity index (χ1n) is 8.60. The summed E-state index contributed by atoms with van der Waals surface area (Å²) in [7, 11) is 1.23. The highest BCUT2D eigenvalue weighted by molar-refractivity contribution is 5.85. The van der Waals surface area contributed by atoms with Gasteiger partial charge in [-0.1, -0.05) is 42.5 Å². The lowest BCUT2D eigenvalue weighted by molar-refractivity contribution is -0.141. The van der Waals surface area contributed by atoms with Gasteiger partial charge in [0.2, 0.25) is 5.88 Å². The number of carbonyl (C=O) groups excluding carboxylic acids is 1. The van der Waals surface area contributed by atoms with Crippen molar-refractivity contribution in [2.24, 2.45) is 0 Å². The number of esters is 1. The van der Waals surface area contributed by atoms with Crippen LogP contribution in [0.3, 0.4) is 0 Å². The summed E-state index contributed by atoms with van der Waals surface area (Å²) in [6, 6.07) is 22.6. The molecule has 0 bridgehead atoms. The van der Waals surface area contributed by atoms with Crippen LogP contribution in [-0.4, -0.2) is 23.0 Å². The molecular formula is C22H15N3O3. The molecule has 28 heavy (non-hydrogen) atoms. The van der Waals surface area contributed by atoms with Crippen LogP contribution in [0.15, 0.2) is 66.7 Å². The van der Waals surface area contributed by atoms with Gasteiger partial charge in [-0.2, -0.15) is 5.26 Å². The number of fused-ring (bicyclic) bond motifs is 2. The van der Waals surface area contributed by atoms with Crippen LogP contribution in [0.2, 0.25) is 0 Å². The van der Waals surface area contributed by atoms with Crippen LogP contribution in [0.1, 0.15) is 11.6 Å². The Balaban J connectivity index is 1.84. The van der Waals surface area contributed by atoms with E-state index in [9.17, 15) is 10.1 Å². The van der Waals surface area contributed by atoms with Gasteiger partial charge in [0.05, 0.1) is 24.2 Å². The minimum atomic E-state index is -1.24. The van der Waals surface area contributed by atoms with Gasteiger partial charge in [0.15, 0.2) is 5.92 Å². The number of aromatic nitrogens is 2. The summed E-state index contributed by atoms with van der Waals surface area (Å²) >= 11 is 0. The normalized spacial score (nSPS) is 11.7. The van der Waals surface area contributed by atoms with Crippen LogP contribution in [0.5, 0.6) is 11.6 Å². The molecule has 6 heteroatoms. The Bertz CT molecular complexity index is 1230. The number of methoxy groups -OCH3 is 1. The Morgan fingerprint density at radius 3 is 2.36 bits per heavy atom. The Labute approximate surface area is 161 Å². The van der Waals surface area contributed by atoms with Crippen molar-refractivity contribution in [2.75, 3.05) is 7.11 Å². The zero-order valence-corrected chi connectivity index (χ0v) is 15.0. The van der Waals surface area contributed by atoms with E-state index in [-0.39, 0.29) is 11.6 Å². The number of nitrogens with zero attached hydrogens (tertiary/aromatic N) is 3. The molecule has 0 radical (unpaired) electrons. The molecule has 136 valence electrons. The average molecular weight is 369 g/mol. The van der Waals surface area contributed by atoms with Crippen LogP contribution in [0.4, 0.5) is 0 Å². The van der Waals surface area contributed by atoms with Crippen molar-refractivity contribution in [2.45, 2.75) is 5.92 Å². The molecule has 0 aliphatic carbocycles. The van der Waals surface area contributed by atoms with Gasteiger partial charge in [0.25, 0.3) is 0 Å². The molecule has 1 unspecified atom stereocenters. The van der Waals surface area contributed by atoms with Gasteiger partial charge in [-0.3, -0.25) is 4.79 Å². The number of benzene rings is 3. The maximum Gasteiger partial charge on any atom is 0.329 e. The van der Waals surface area contributed by atoms with Gasteiger partial charge < -0.3 is 9.47 Å². The monoisotopic (exact) mass is 369 g/mol. The standard InChI is InChI=1S/C22H15N3O3/c1-27-22(26)17(13-23)20-21(25-19-9-5-4-8-18(19)24-20)28-16-11-10-14-6-2-3-7-15(14)12-16/h2-12,17H,1H3. The molecule has 1 aromatic heterocycles. The van der Waals surface area contributed by atoms with Gasteiger partial charge in [-0.05, 0) is 35.0 Å². The minimum Gasteiger partial charge on any atom is -0.468 e. The SMILES string of the molecule is COC(=O)C(C#N)c1nc2ccccc2nc1Oc1ccc2ccccc2c1. The second kappa shape index (κ2) is 7.33. The van der Waals surface area contributed by atoms with Crippen molar-refractivity contribution in [3.05, 3.63) is 72.4 Å². The van der Waals surface area contributed by atoms with E-state index in [1.54, 1.807) is 12.1 Å². The summed E-state index contributed by atoms with van der Waals surface area (Å²) in [5.74, 6) is -1.31. The van der Waals surface area contributed by atoms with Crippen molar-refractivity contribution in [3.8, 4) is 17.7 Å². The summed E-state index contributed by atoms with van der Waals surface area (Å²) in [6.45, 7) is 0. The van der Waals surface area contributed by atoms with Crippen LogP contribution in [-0.2, 0) is 9.53 Å². The van der Waals surface area contributed by atoms with E-state index in [0.717, 1.165) is 10.8 Å². The summed E-state index contributed by atoms with van der Waals surface area (Å²) in [6.07, 6.45) is 0. The third-order valence-electron chi connectivity index (χ3n) is 4.34. The lowest BCUT2D eigenvalue weighted by atomic mass is 10.1. The molecule has 0 aliphatic heterocycles. The van der Waals surface area contributed by atoms with Gasteiger partial charge in [0.1, 0.15) is 11.4 Å². The van der Waals surface area contributed by atoms with Crippen LogP contribution in [0.25, 0.3) is 21.8 Å². The number of carbonyl (C=O) groups is 1. The van der Waals surface area contributed by atoms with Gasteiger partial charge in [-0.15, -0.1) is 0 Å². The second-order valence-electron chi connectivity index (χ2n) is 6.10. The summed E-state index contributed by atoms with van der Waals surface area (Å²) in [4.78, 5) is 21.0. The van der Waals surface area contributed by atoms with Crippen LogP contribution in [0, 0.1) is 11.3 Å². The maximum atomic E-state index is 12.1. The lowest BCUT2D eigenvalue weighted by Crippen LogP contribution is -2.15. The Hall–Kier alpha value is -3.98. The molecule has 4 aromatic rings. The van der Waals surface area contributed by atoms with Crippen molar-refractivity contribution >= 4 is 27.8 Å². The molecule has 0 saturated heterocycles. The number of hydrogen-bond acceptors (Lipinski definition) is 6. The molecule has 0 aliphatic rings. The van der Waals surface area contributed by atoms with Crippen LogP contribution < -0.4 is 4.74 Å². The second-order valence-corrected chi connectivity index (χ2v) is 6.10. The zero-order valence-electron chi connectivity index (χ0n) is 15.0. The first-order chi connectivity index (χ1) is 13.7. The molecule has 0 amide bonds. The van der Waals surface area contributed by atoms with E-state index in [1.807, 2.05) is 60.7 Å². The molecular weight excluding hydrogens is 354 g/mol. The van der Waals surface area contributed by atoms with Gasteiger partial charge in [-0.25, -0.2) is 9.97 Å². The molecule has 0 saturated carbocycles. The third-order valence-corrected chi connectivity index (χ3v) is 4.34. The maximum absolute atomic E-state index is 12.1. The molecule has 1 heterocycles. The van der Waals surface area contributed by atoms with E-state index in [2.05, 4.69) is 9.97 Å². The highest BCUT2D eigenvalue weighted by atomic mass is 16.5. The highest BCUT2D eigenvalue weighted by Gasteiger charge is 2.28. The fraction of sp³-hybridized carbons (Fsp3) is 0.0909. The largest absolute Gasteiger partial charge is 0.468 e. The van der Waals surface area contributed by atoms with E-state index >= 15 is 0 Å². The fourth-order valence-corrected chi connectivity index (χ4v) is 2.95. The Morgan fingerprint density at radius 2 is 1.64 bits per heavy atom. The van der Waals surface area contributed by atoms with E-state index in [0.29, 0.717) is 16.8 Å². The number of hydrogen-bond donors (Lipinski definition) is 0. The Morgan fingerprint density at radius 1 is 0.964 bits per heavy atom. The van der Waals surface area contributed by atoms with Crippen molar-refractivity contribution in [3.63, 3.8) is 0 Å². The van der Waals surface area contributed by atoms with Crippen molar-refractivity contribution in [1.29, 1.82) is 5.26 Å². The topological polar surface area (TPSA) is 85.1 Å². The highest BCUT2D eigenvalue weighted by Crippen LogP contribution is 2.31. The van der Waals surface area contributed by atoms with Gasteiger partial charge in [0, 0.05) is 0 Å². The number of nitriles is 1. The van der Waals surface area contributed by atoms with Crippen molar-refractivity contribution < 1.29 is 14.3 Å². The van der Waals surface area contributed by atoms with Crippen molar-refractivity contribution in [1.82, 2.24) is 9.97 Å². The van der Waals surface area contributed by atoms with E-state index in [1.165, 1.54) is 7.11 Å². The average Bonchev–Trinajstić information content (AvgIpc) is 2.74. The molecule has 0 N–H and O–H groups in total. The first kappa shape index (κ1) is 17.4. The number of para-hydroxylation sites is 2. The minimum absolute atomic E-state index is 0.103. The molecule has 3 aromatic carbocycles. The summed E-state index contributed by atoms with van der Waals surface area (Å²) < 4.78 is 10.7. The smallest absolute Gasteiger partial charge is 0.329 e. The van der Waals surface area contributed by atoms with Gasteiger partial charge >= 0.3 is 5.97 Å². The molecule has 0 spiro atoms. The molecule has 4 rings (SSSR count). The summed E-state index contributed by atoms with van der Waals surface area (Å²) in [5.41, 5.74) is 1.29. The van der Waals surface area contributed by atoms with Crippen LogP contribution >= 0.6 is 0 Å². The molecule has 0 fully saturated rings. The fourth-order valence-electron chi connectivity index (χ4n) is 2.95. The Kier molecular flexibility index (Phi) is 4.56. The summed E-state index contributed by atoms with van der Waals surface area (Å²) in [5, 5.41) is 11.6. The number of ether oxygens (including phenoxy) is 2. The molecule has 6 nitrogen and oxygen atoms in total. The predicted octanol–water partition coefficient (Wildman–Crippen LogP) is 4.36. The lowest BCUT2D eigenvalue weighted by Gasteiger charge is -2.13. The van der Waals surface area contributed by atoms with E-state index in [4.69, 9.17) is 9.47 Å². The molecule has 1 atom stereocenters. The zero-order chi connectivity index (χ0) is 19.5. The quantitative estimate of drug-likeness (QED) is 0.497. The third kappa shape index (κ3) is 3.21. The predicted molar refractivity (Wildman–Crippen MR) is 104 cm³/mol. The van der Waals surface area contributed by atoms with E-state index < -0.39 is 11.9 Å².